The van der Waals surface area contributed by atoms with E-state index in [1.165, 1.54) is 12.8 Å². The van der Waals surface area contributed by atoms with E-state index in [9.17, 15) is 10.2 Å². The van der Waals surface area contributed by atoms with E-state index >= 15 is 0 Å². The summed E-state index contributed by atoms with van der Waals surface area (Å²) in [6.07, 6.45) is 6.24. The number of hydrogen-bond acceptors (Lipinski definition) is 4. The first kappa shape index (κ1) is 13.9. The standard InChI is InChI=1S/C12H25NO3/c1-11(15,10-14)8-13-9-12(16)6-4-2-3-5-7-12/h13-16H,2-10H2,1H3. The van der Waals surface area contributed by atoms with Crippen molar-refractivity contribution in [1.82, 2.24) is 5.32 Å². The Hall–Kier alpha value is -0.160. The lowest BCUT2D eigenvalue weighted by atomic mass is 9.94. The number of rotatable bonds is 5. The van der Waals surface area contributed by atoms with Gasteiger partial charge >= 0.3 is 0 Å². The number of aliphatic hydroxyl groups excluding tert-OH is 1. The first-order chi connectivity index (χ1) is 7.47. The fourth-order valence-electron chi connectivity index (χ4n) is 2.18. The van der Waals surface area contributed by atoms with Crippen molar-refractivity contribution in [2.24, 2.45) is 0 Å². The molecule has 0 spiro atoms. The average Bonchev–Trinajstić information content (AvgIpc) is 2.43. The topological polar surface area (TPSA) is 72.7 Å². The molecule has 96 valence electrons. The van der Waals surface area contributed by atoms with Crippen molar-refractivity contribution < 1.29 is 15.3 Å². The van der Waals surface area contributed by atoms with Crippen LogP contribution in [0.4, 0.5) is 0 Å². The van der Waals surface area contributed by atoms with E-state index < -0.39 is 11.2 Å². The second-order valence-electron chi connectivity index (χ2n) is 5.40. The van der Waals surface area contributed by atoms with Crippen LogP contribution in [-0.4, -0.2) is 46.2 Å². The molecule has 1 fully saturated rings. The second kappa shape index (κ2) is 5.96. The summed E-state index contributed by atoms with van der Waals surface area (Å²) in [6, 6.07) is 0. The summed E-state index contributed by atoms with van der Waals surface area (Å²) in [5, 5.41) is 31.9. The van der Waals surface area contributed by atoms with Crippen molar-refractivity contribution >= 4 is 0 Å². The van der Waals surface area contributed by atoms with Crippen molar-refractivity contribution in [3.63, 3.8) is 0 Å². The predicted molar refractivity (Wildman–Crippen MR) is 63.2 cm³/mol. The SMILES string of the molecule is CC(O)(CO)CNCC1(O)CCCCCC1. The quantitative estimate of drug-likeness (QED) is 0.517. The van der Waals surface area contributed by atoms with E-state index in [-0.39, 0.29) is 6.61 Å². The van der Waals surface area contributed by atoms with E-state index in [2.05, 4.69) is 5.32 Å². The van der Waals surface area contributed by atoms with Gasteiger partial charge in [-0.15, -0.1) is 0 Å². The van der Waals surface area contributed by atoms with Gasteiger partial charge in [0.15, 0.2) is 0 Å². The number of aliphatic hydroxyl groups is 3. The molecule has 0 amide bonds. The Labute approximate surface area is 97.7 Å². The molecule has 4 nitrogen and oxygen atoms in total. The first-order valence-electron chi connectivity index (χ1n) is 6.24. The van der Waals surface area contributed by atoms with Gasteiger partial charge in [0.25, 0.3) is 0 Å². The molecule has 4 N–H and O–H groups in total. The lowest BCUT2D eigenvalue weighted by Gasteiger charge is -2.29. The van der Waals surface area contributed by atoms with Crippen LogP contribution in [-0.2, 0) is 0 Å². The minimum absolute atomic E-state index is 0.265. The van der Waals surface area contributed by atoms with Crippen molar-refractivity contribution in [1.29, 1.82) is 0 Å². The molecular weight excluding hydrogens is 206 g/mol. The molecule has 0 aliphatic heterocycles. The third-order valence-corrected chi connectivity index (χ3v) is 3.33. The summed E-state index contributed by atoms with van der Waals surface area (Å²) in [7, 11) is 0. The Kier molecular flexibility index (Phi) is 5.18. The Morgan fingerprint density at radius 2 is 1.75 bits per heavy atom. The maximum Gasteiger partial charge on any atom is 0.0972 e. The highest BCUT2D eigenvalue weighted by molar-refractivity contribution is 4.85. The van der Waals surface area contributed by atoms with Gasteiger partial charge in [-0.3, -0.25) is 0 Å². The molecule has 1 unspecified atom stereocenters. The van der Waals surface area contributed by atoms with Crippen LogP contribution in [0.3, 0.4) is 0 Å². The van der Waals surface area contributed by atoms with Crippen LogP contribution in [0.15, 0.2) is 0 Å². The van der Waals surface area contributed by atoms with Gasteiger partial charge in [-0.05, 0) is 19.8 Å². The van der Waals surface area contributed by atoms with Crippen LogP contribution < -0.4 is 5.32 Å². The molecule has 1 aliphatic carbocycles. The largest absolute Gasteiger partial charge is 0.393 e. The van der Waals surface area contributed by atoms with Gasteiger partial charge in [-0.25, -0.2) is 0 Å². The van der Waals surface area contributed by atoms with E-state index in [4.69, 9.17) is 5.11 Å². The lowest BCUT2D eigenvalue weighted by Crippen LogP contribution is -2.47. The van der Waals surface area contributed by atoms with E-state index in [1.807, 2.05) is 0 Å². The molecule has 0 aromatic heterocycles. The Morgan fingerprint density at radius 3 is 2.25 bits per heavy atom. The smallest absolute Gasteiger partial charge is 0.0972 e. The third kappa shape index (κ3) is 4.78. The van der Waals surface area contributed by atoms with Crippen molar-refractivity contribution in [3.05, 3.63) is 0 Å². The summed E-state index contributed by atoms with van der Waals surface area (Å²) < 4.78 is 0. The zero-order chi connectivity index (χ0) is 12.1. The molecule has 0 bridgehead atoms. The minimum Gasteiger partial charge on any atom is -0.393 e. The molecule has 0 aromatic carbocycles. The van der Waals surface area contributed by atoms with Gasteiger partial charge in [-0.2, -0.15) is 0 Å². The van der Waals surface area contributed by atoms with Crippen molar-refractivity contribution in [2.45, 2.75) is 56.7 Å². The molecular formula is C12H25NO3. The first-order valence-corrected chi connectivity index (χ1v) is 6.24. The Morgan fingerprint density at radius 1 is 1.19 bits per heavy atom. The van der Waals surface area contributed by atoms with Crippen LogP contribution in [0.2, 0.25) is 0 Å². The lowest BCUT2D eigenvalue weighted by molar-refractivity contribution is -0.0112. The van der Waals surface area contributed by atoms with Crippen LogP contribution in [0.5, 0.6) is 0 Å². The van der Waals surface area contributed by atoms with Gasteiger partial charge in [0.1, 0.15) is 0 Å². The highest BCUT2D eigenvalue weighted by Gasteiger charge is 2.28. The summed E-state index contributed by atoms with van der Waals surface area (Å²) in [6.45, 7) is 2.13. The molecule has 0 heterocycles. The highest BCUT2D eigenvalue weighted by Crippen LogP contribution is 2.26. The molecule has 0 aromatic rings. The molecule has 0 saturated heterocycles. The normalized spacial score (nSPS) is 24.8. The monoisotopic (exact) mass is 231 g/mol. The van der Waals surface area contributed by atoms with Crippen molar-refractivity contribution in [3.8, 4) is 0 Å². The van der Waals surface area contributed by atoms with Crippen LogP contribution >= 0.6 is 0 Å². The van der Waals surface area contributed by atoms with Crippen LogP contribution in [0, 0.1) is 0 Å². The van der Waals surface area contributed by atoms with Crippen molar-refractivity contribution in [2.75, 3.05) is 19.7 Å². The number of nitrogens with one attached hydrogen (secondary N) is 1. The van der Waals surface area contributed by atoms with Gasteiger partial charge in [-0.1, -0.05) is 25.7 Å². The Balaban J connectivity index is 2.29. The number of hydrogen-bond donors (Lipinski definition) is 4. The average molecular weight is 231 g/mol. The van der Waals surface area contributed by atoms with Gasteiger partial charge in [0, 0.05) is 13.1 Å². The second-order valence-corrected chi connectivity index (χ2v) is 5.40. The van der Waals surface area contributed by atoms with E-state index in [1.54, 1.807) is 6.92 Å². The Bertz CT molecular complexity index is 198. The third-order valence-electron chi connectivity index (χ3n) is 3.33. The summed E-state index contributed by atoms with van der Waals surface area (Å²) >= 11 is 0. The molecule has 16 heavy (non-hydrogen) atoms. The molecule has 1 saturated carbocycles. The molecule has 4 heteroatoms. The fourth-order valence-corrected chi connectivity index (χ4v) is 2.18. The predicted octanol–water partition coefficient (Wildman–Crippen LogP) is 0.405. The molecule has 1 rings (SSSR count). The maximum absolute atomic E-state index is 10.3. The van der Waals surface area contributed by atoms with Crippen LogP contribution in [0.25, 0.3) is 0 Å². The fraction of sp³-hybridized carbons (Fsp3) is 1.00. The highest BCUT2D eigenvalue weighted by atomic mass is 16.3. The zero-order valence-electron chi connectivity index (χ0n) is 10.2. The minimum atomic E-state index is -1.10. The molecule has 0 radical (unpaired) electrons. The summed E-state index contributed by atoms with van der Waals surface area (Å²) in [5.41, 5.74) is -1.72. The zero-order valence-corrected chi connectivity index (χ0v) is 10.2. The summed E-state index contributed by atoms with van der Waals surface area (Å²) in [4.78, 5) is 0. The summed E-state index contributed by atoms with van der Waals surface area (Å²) in [5.74, 6) is 0. The molecule has 1 aliphatic rings. The van der Waals surface area contributed by atoms with Gasteiger partial charge < -0.3 is 20.6 Å². The van der Waals surface area contributed by atoms with Gasteiger partial charge in [0.05, 0.1) is 17.8 Å². The van der Waals surface area contributed by atoms with E-state index in [0.29, 0.717) is 13.1 Å². The maximum atomic E-state index is 10.3. The van der Waals surface area contributed by atoms with E-state index in [0.717, 1.165) is 25.7 Å². The molecule has 1 atom stereocenters. The van der Waals surface area contributed by atoms with Crippen LogP contribution in [0.1, 0.15) is 45.4 Å². The van der Waals surface area contributed by atoms with Gasteiger partial charge in [0.2, 0.25) is 0 Å².